The molecule has 0 bridgehead atoms. The number of ketones is 1. The highest BCUT2D eigenvalue weighted by atomic mass is 16.7. The fourth-order valence-electron chi connectivity index (χ4n) is 8.58. The lowest BCUT2D eigenvalue weighted by molar-refractivity contribution is -0.319. The Morgan fingerprint density at radius 2 is 1.44 bits per heavy atom. The molecule has 0 unspecified atom stereocenters. The largest absolute Gasteiger partial charge is 0.459 e. The Hall–Kier alpha value is -1.30. The molecule has 3 aliphatic heterocycles. The van der Waals surface area contributed by atoms with Crippen molar-refractivity contribution in [2.75, 3.05) is 28.3 Å². The van der Waals surface area contributed by atoms with Gasteiger partial charge < -0.3 is 58.5 Å². The van der Waals surface area contributed by atoms with E-state index in [1.54, 1.807) is 48.5 Å². The van der Waals surface area contributed by atoms with Crippen molar-refractivity contribution in [2.24, 2.45) is 23.7 Å². The van der Waals surface area contributed by atoms with Crippen LogP contribution in [0, 0.1) is 23.7 Å². The van der Waals surface area contributed by atoms with Crippen LogP contribution in [0.5, 0.6) is 0 Å². The lowest BCUT2D eigenvalue weighted by Gasteiger charge is -2.50. The van der Waals surface area contributed by atoms with Crippen molar-refractivity contribution in [3.63, 3.8) is 0 Å². The van der Waals surface area contributed by atoms with E-state index in [0.29, 0.717) is 6.42 Å². The van der Waals surface area contributed by atoms with Gasteiger partial charge in [0, 0.05) is 44.4 Å². The van der Waals surface area contributed by atoms with E-state index in [9.17, 15) is 30.0 Å². The summed E-state index contributed by atoms with van der Waals surface area (Å²) in [4.78, 5) is 30.1. The average molecular weight is 748 g/mol. The number of hydrogen-bond donors (Lipinski definition) is 4. The van der Waals surface area contributed by atoms with Crippen LogP contribution in [0.1, 0.15) is 94.9 Å². The molecular weight excluding hydrogens is 678 g/mol. The summed E-state index contributed by atoms with van der Waals surface area (Å²) in [6.07, 6.45) is -8.73. The second kappa shape index (κ2) is 17.7. The van der Waals surface area contributed by atoms with Gasteiger partial charge in [-0.15, -0.1) is 0 Å². The second-order valence-corrected chi connectivity index (χ2v) is 16.6. The molecule has 0 aromatic carbocycles. The summed E-state index contributed by atoms with van der Waals surface area (Å²) in [5, 5.41) is 45.6. The number of Topliss-reactive ketones (excluding diaryl/α,β-unsaturated/α-hetero) is 1. The van der Waals surface area contributed by atoms with E-state index >= 15 is 0 Å². The Balaban J connectivity index is 2.22. The highest BCUT2D eigenvalue weighted by Crippen LogP contribution is 2.41. The molecular formula is C38H69NO13. The third-order valence-corrected chi connectivity index (χ3v) is 12.3. The van der Waals surface area contributed by atoms with Crippen molar-refractivity contribution < 1.29 is 63.2 Å². The predicted molar refractivity (Wildman–Crippen MR) is 191 cm³/mol. The highest BCUT2D eigenvalue weighted by Gasteiger charge is 2.54. The number of ether oxygens (including phenoxy) is 7. The highest BCUT2D eigenvalue weighted by molar-refractivity contribution is 5.83. The molecule has 0 radical (unpaired) electrons. The van der Waals surface area contributed by atoms with Crippen molar-refractivity contribution >= 4 is 11.8 Å². The van der Waals surface area contributed by atoms with Crippen LogP contribution in [-0.2, 0) is 42.7 Å². The maximum absolute atomic E-state index is 14.2. The van der Waals surface area contributed by atoms with Gasteiger partial charge in [-0.25, -0.2) is 0 Å². The number of nitrogens with zero attached hydrogens (tertiary/aromatic N) is 1. The average Bonchev–Trinajstić information content (AvgIpc) is 3.09. The topological polar surface area (TPSA) is 183 Å². The molecule has 14 heteroatoms. The number of carbonyl (C=O) groups excluding carboxylic acids is 2. The minimum Gasteiger partial charge on any atom is -0.459 e. The first-order chi connectivity index (χ1) is 24.0. The molecule has 0 aromatic rings. The van der Waals surface area contributed by atoms with Gasteiger partial charge >= 0.3 is 5.97 Å². The molecule has 3 saturated heterocycles. The normalized spacial score (nSPS) is 49.0. The summed E-state index contributed by atoms with van der Waals surface area (Å²) in [6.45, 7) is 17.1. The summed E-state index contributed by atoms with van der Waals surface area (Å²) in [5.41, 5.74) is -4.24. The Kier molecular flexibility index (Phi) is 15.3. The fraction of sp³-hybridized carbons (Fsp3) is 0.947. The van der Waals surface area contributed by atoms with E-state index in [-0.39, 0.29) is 37.2 Å². The molecule has 0 spiro atoms. The van der Waals surface area contributed by atoms with Crippen molar-refractivity contribution in [3.05, 3.63) is 0 Å². The zero-order valence-corrected chi connectivity index (χ0v) is 33.9. The van der Waals surface area contributed by atoms with E-state index in [1.165, 1.54) is 21.1 Å². The number of rotatable bonds is 8. The van der Waals surface area contributed by atoms with Crippen LogP contribution < -0.4 is 0 Å². The third kappa shape index (κ3) is 9.38. The van der Waals surface area contributed by atoms with Gasteiger partial charge in [0.15, 0.2) is 12.6 Å². The molecule has 18 atom stereocenters. The van der Waals surface area contributed by atoms with E-state index in [2.05, 4.69) is 0 Å². The van der Waals surface area contributed by atoms with E-state index < -0.39 is 102 Å². The molecule has 52 heavy (non-hydrogen) atoms. The smallest absolute Gasteiger partial charge is 0.311 e. The zero-order chi connectivity index (χ0) is 39.7. The molecule has 4 N–H and O–H groups in total. The molecule has 0 amide bonds. The van der Waals surface area contributed by atoms with Gasteiger partial charge in [0.1, 0.15) is 29.7 Å². The number of aliphatic hydroxyl groups is 4. The van der Waals surface area contributed by atoms with Gasteiger partial charge in [0.25, 0.3) is 0 Å². The van der Waals surface area contributed by atoms with Crippen LogP contribution in [0.3, 0.4) is 0 Å². The molecule has 304 valence electrons. The lowest BCUT2D eigenvalue weighted by atomic mass is 9.74. The minimum absolute atomic E-state index is 0.111. The molecule has 0 aromatic heterocycles. The number of likely N-dealkylation sites (N-methyl/N-ethyl adjacent to an activating group) is 1. The summed E-state index contributed by atoms with van der Waals surface area (Å²) in [7, 11) is 6.77. The maximum Gasteiger partial charge on any atom is 0.311 e. The molecule has 14 nitrogen and oxygen atoms in total. The fourth-order valence-corrected chi connectivity index (χ4v) is 8.58. The van der Waals surface area contributed by atoms with Crippen molar-refractivity contribution in [2.45, 2.75) is 179 Å². The number of aliphatic hydroxyl groups excluding tert-OH is 3. The molecule has 3 heterocycles. The second-order valence-electron chi connectivity index (χ2n) is 16.6. The van der Waals surface area contributed by atoms with Crippen LogP contribution in [0.15, 0.2) is 0 Å². The van der Waals surface area contributed by atoms with Gasteiger partial charge in [0.2, 0.25) is 0 Å². The number of methoxy groups -OCH3 is 2. The zero-order valence-electron chi connectivity index (χ0n) is 33.9. The van der Waals surface area contributed by atoms with Crippen molar-refractivity contribution in [3.8, 4) is 0 Å². The SMILES string of the molecule is CC[C@H]1OC(=O)[C@H](C)[C@@H](O[C@@H]2C[C@](C)(OC)[C@H](O)[C@H](C)O2)[C@H](C)[C@@H](O[C@@H]2O[C@H](C)C[C@@H](N(C)C)[C@@H]2O)[C@](C)(OC)C[C@@H](C)C(=O)[C@H](C)[C@@H](O)[C@]1(C)O. The summed E-state index contributed by atoms with van der Waals surface area (Å²) in [5.74, 6) is -4.47. The van der Waals surface area contributed by atoms with E-state index in [1.807, 2.05) is 32.8 Å². The van der Waals surface area contributed by atoms with E-state index in [4.69, 9.17) is 33.2 Å². The number of carbonyl (C=O) groups is 2. The summed E-state index contributed by atoms with van der Waals surface area (Å²) < 4.78 is 43.9. The van der Waals surface area contributed by atoms with Gasteiger partial charge in [0.05, 0.1) is 47.6 Å². The van der Waals surface area contributed by atoms with Crippen LogP contribution >= 0.6 is 0 Å². The monoisotopic (exact) mass is 747 g/mol. The molecule has 3 rings (SSSR count). The molecule has 3 fully saturated rings. The Labute approximate surface area is 310 Å². The van der Waals surface area contributed by atoms with Gasteiger partial charge in [-0.2, -0.15) is 0 Å². The van der Waals surface area contributed by atoms with Crippen LogP contribution in [0.25, 0.3) is 0 Å². The molecule has 3 aliphatic rings. The minimum atomic E-state index is -1.96. The van der Waals surface area contributed by atoms with Crippen molar-refractivity contribution in [1.82, 2.24) is 4.90 Å². The van der Waals surface area contributed by atoms with Crippen molar-refractivity contribution in [1.29, 1.82) is 0 Å². The number of esters is 1. The first-order valence-electron chi connectivity index (χ1n) is 18.9. The summed E-state index contributed by atoms with van der Waals surface area (Å²) in [6, 6.07) is -0.283. The maximum atomic E-state index is 14.2. The molecule has 0 saturated carbocycles. The van der Waals surface area contributed by atoms with E-state index in [0.717, 1.165) is 0 Å². The van der Waals surface area contributed by atoms with Gasteiger partial charge in [-0.3, -0.25) is 9.59 Å². The Bertz CT molecular complexity index is 1190. The molecule has 0 aliphatic carbocycles. The van der Waals surface area contributed by atoms with Crippen LogP contribution in [0.2, 0.25) is 0 Å². The first-order valence-corrected chi connectivity index (χ1v) is 18.9. The van der Waals surface area contributed by atoms with Gasteiger partial charge in [-0.1, -0.05) is 27.7 Å². The predicted octanol–water partition coefficient (Wildman–Crippen LogP) is 2.44. The Morgan fingerprint density at radius 1 is 0.846 bits per heavy atom. The number of cyclic esters (lactones) is 1. The Morgan fingerprint density at radius 3 is 1.98 bits per heavy atom. The van der Waals surface area contributed by atoms with Crippen LogP contribution in [-0.4, -0.2) is 150 Å². The standard InChI is InChI=1S/C38H69NO13/c1-15-26-38(10,45)31(42)21(4)28(40)19(2)17-37(9,47-14)33(52-35-29(41)25(39(11)12)16-20(3)48-35)22(5)30(23(6)34(44)50-26)51-27-18-36(8,46-13)32(43)24(7)49-27/h19-27,29-33,35,41-43,45H,15-18H2,1-14H3/t19-,20-,21+,22+,23-,24+,25-,26-,27-,29+,30+,31-,32-,33-,35+,36+,37-,38-/m1/s1. The van der Waals surface area contributed by atoms with Crippen LogP contribution in [0.4, 0.5) is 0 Å². The summed E-state index contributed by atoms with van der Waals surface area (Å²) >= 11 is 0. The van der Waals surface area contributed by atoms with Gasteiger partial charge in [-0.05, 0) is 74.9 Å². The lowest BCUT2D eigenvalue weighted by Crippen LogP contribution is -2.61. The number of hydrogen-bond acceptors (Lipinski definition) is 14. The third-order valence-electron chi connectivity index (χ3n) is 12.3. The first kappa shape index (κ1) is 45.1. The quantitative estimate of drug-likeness (QED) is 0.266.